The maximum Gasteiger partial charge on any atom is 0.283 e. The summed E-state index contributed by atoms with van der Waals surface area (Å²) in [6.45, 7) is 14.6. The molecule has 3 heterocycles. The lowest BCUT2D eigenvalue weighted by molar-refractivity contribution is -0.114. The summed E-state index contributed by atoms with van der Waals surface area (Å²) in [6.07, 6.45) is 5.86. The highest BCUT2D eigenvalue weighted by Gasteiger charge is 2.25. The number of pyridine rings is 1. The number of allylic oxidation sites excluding steroid dienone is 2. The first-order valence-electron chi connectivity index (χ1n) is 15.3. The number of carbonyl (C=O) groups excluding carboxylic acids is 1. The number of anilines is 1. The van der Waals surface area contributed by atoms with Crippen LogP contribution in [-0.2, 0) is 11.3 Å². The van der Waals surface area contributed by atoms with Crippen molar-refractivity contribution >= 4 is 34.3 Å². The minimum absolute atomic E-state index is 0.250. The van der Waals surface area contributed by atoms with E-state index in [2.05, 4.69) is 54.3 Å². The Balaban J connectivity index is 1.46. The largest absolute Gasteiger partial charge is 0.320 e. The van der Waals surface area contributed by atoms with Gasteiger partial charge in [0.15, 0.2) is 5.83 Å². The molecular formula is C35H41FN8O. The van der Waals surface area contributed by atoms with Crippen LogP contribution in [0.5, 0.6) is 0 Å². The number of nitrogens with zero attached hydrogens (tertiary/aromatic N) is 4. The Hall–Kier alpha value is -4.83. The molecule has 0 atom stereocenters. The van der Waals surface area contributed by atoms with Gasteiger partial charge in [-0.2, -0.15) is 0 Å². The van der Waals surface area contributed by atoms with E-state index in [0.29, 0.717) is 30.1 Å². The predicted octanol–water partition coefficient (Wildman–Crippen LogP) is 5.71. The highest BCUT2D eigenvalue weighted by Crippen LogP contribution is 2.31. The van der Waals surface area contributed by atoms with Gasteiger partial charge in [-0.05, 0) is 72.5 Å². The van der Waals surface area contributed by atoms with Crippen LogP contribution in [0, 0.1) is 11.8 Å². The fraction of sp³-hybridized carbons (Fsp3) is 0.314. The first-order chi connectivity index (χ1) is 21.7. The van der Waals surface area contributed by atoms with Gasteiger partial charge in [0, 0.05) is 36.4 Å². The Morgan fingerprint density at radius 1 is 1.16 bits per heavy atom. The zero-order valence-corrected chi connectivity index (χ0v) is 26.2. The van der Waals surface area contributed by atoms with Crippen LogP contribution in [-0.4, -0.2) is 54.4 Å². The average molecular weight is 609 g/mol. The van der Waals surface area contributed by atoms with Crippen LogP contribution in [0.2, 0.25) is 0 Å². The molecule has 0 saturated carbocycles. The van der Waals surface area contributed by atoms with E-state index >= 15 is 0 Å². The first kappa shape index (κ1) is 31.6. The molecule has 0 bridgehead atoms. The summed E-state index contributed by atoms with van der Waals surface area (Å²) in [5.74, 6) is 1.17. The molecule has 4 N–H and O–H groups in total. The predicted molar refractivity (Wildman–Crippen MR) is 181 cm³/mol. The Morgan fingerprint density at radius 2 is 1.93 bits per heavy atom. The topological polar surface area (TPSA) is 106 Å². The highest BCUT2D eigenvalue weighted by atomic mass is 19.1. The summed E-state index contributed by atoms with van der Waals surface area (Å²) in [5, 5.41) is 14.6. The van der Waals surface area contributed by atoms with E-state index in [0.717, 1.165) is 71.5 Å². The van der Waals surface area contributed by atoms with Crippen LogP contribution in [0.15, 0.2) is 101 Å². The zero-order chi connectivity index (χ0) is 31.9. The van der Waals surface area contributed by atoms with E-state index in [1.807, 2.05) is 48.4 Å². The van der Waals surface area contributed by atoms with Gasteiger partial charge in [0.05, 0.1) is 12.2 Å². The van der Waals surface area contributed by atoms with Gasteiger partial charge in [0.1, 0.15) is 5.82 Å². The minimum atomic E-state index is -1.04. The number of nitrogens with one attached hydrogen (secondary N) is 4. The third-order valence-electron chi connectivity index (χ3n) is 8.14. The number of piperidine rings is 1. The zero-order valence-electron chi connectivity index (χ0n) is 26.2. The Labute approximate surface area is 264 Å². The molecule has 45 heavy (non-hydrogen) atoms. The van der Waals surface area contributed by atoms with Crippen molar-refractivity contribution in [3.8, 4) is 11.3 Å². The van der Waals surface area contributed by atoms with E-state index in [9.17, 15) is 9.18 Å². The lowest BCUT2D eigenvalue weighted by atomic mass is 9.98. The summed E-state index contributed by atoms with van der Waals surface area (Å²) in [4.78, 5) is 28.5. The molecule has 5 rings (SSSR count). The van der Waals surface area contributed by atoms with Gasteiger partial charge >= 0.3 is 0 Å². The fourth-order valence-corrected chi connectivity index (χ4v) is 5.62. The van der Waals surface area contributed by atoms with Crippen LogP contribution in [0.25, 0.3) is 22.0 Å². The van der Waals surface area contributed by atoms with Crippen molar-refractivity contribution in [2.45, 2.75) is 33.2 Å². The molecule has 2 aliphatic rings. The number of aliphatic imine (C=N–C) groups is 2. The summed E-state index contributed by atoms with van der Waals surface area (Å²) in [7, 11) is 1.98. The van der Waals surface area contributed by atoms with Gasteiger partial charge in [-0.25, -0.2) is 9.38 Å². The summed E-state index contributed by atoms with van der Waals surface area (Å²) in [6, 6.07) is 15.3. The van der Waals surface area contributed by atoms with Gasteiger partial charge in [-0.1, -0.05) is 63.4 Å². The van der Waals surface area contributed by atoms with Crippen molar-refractivity contribution in [2.24, 2.45) is 21.8 Å². The third kappa shape index (κ3) is 7.46. The Morgan fingerprint density at radius 3 is 2.67 bits per heavy atom. The van der Waals surface area contributed by atoms with Crippen molar-refractivity contribution in [1.29, 1.82) is 0 Å². The molecule has 2 aliphatic heterocycles. The standard InChI is InChI=1S/C35H41FN8O/c1-6-28(22(2)3)32-42-34(39-20-24-13-16-37-17-14-24)43-35(44(32)5)40-21-26-9-7-8-10-29(26)31-30-12-11-27(41-33(45)23(4)36)19-25(30)15-18-38-31/h6-12,15,18-19,22,24,37H,1,4,13-14,16-17,20-21H2,2-3,5H3,(H,41,45)(H2,39,40,42,43)/b32-28+. The smallest absolute Gasteiger partial charge is 0.283 e. The lowest BCUT2D eigenvalue weighted by Gasteiger charge is -2.34. The van der Waals surface area contributed by atoms with E-state index < -0.39 is 11.7 Å². The van der Waals surface area contributed by atoms with Crippen molar-refractivity contribution < 1.29 is 9.18 Å². The normalized spacial score (nSPS) is 18.6. The van der Waals surface area contributed by atoms with Crippen molar-refractivity contribution in [3.05, 3.63) is 96.7 Å². The van der Waals surface area contributed by atoms with Gasteiger partial charge < -0.3 is 20.9 Å². The average Bonchev–Trinajstić information content (AvgIpc) is 3.04. The van der Waals surface area contributed by atoms with Crippen LogP contribution in [0.1, 0.15) is 32.3 Å². The van der Waals surface area contributed by atoms with Gasteiger partial charge in [-0.3, -0.25) is 20.1 Å². The SMILES string of the molecule is C=C/C(=C1/NC(=NCC2CCNCC2)NC(=NCc2ccccc2-c2nccc3cc(NC(=O)C(=C)F)ccc23)N1C)C(C)C. The van der Waals surface area contributed by atoms with E-state index in [1.54, 1.807) is 18.3 Å². The second-order valence-corrected chi connectivity index (χ2v) is 11.6. The quantitative estimate of drug-likeness (QED) is 0.232. The minimum Gasteiger partial charge on any atom is -0.320 e. The molecule has 234 valence electrons. The molecule has 2 aromatic carbocycles. The number of aromatic nitrogens is 1. The second kappa shape index (κ2) is 14.3. The number of benzene rings is 2. The highest BCUT2D eigenvalue weighted by molar-refractivity contribution is 6.04. The molecule has 9 nitrogen and oxygen atoms in total. The molecule has 2 fully saturated rings. The summed E-state index contributed by atoms with van der Waals surface area (Å²) in [5.41, 5.74) is 4.29. The molecule has 3 aromatic rings. The Kier molecular flexibility index (Phi) is 10.0. The fourth-order valence-electron chi connectivity index (χ4n) is 5.62. The number of fused-ring (bicyclic) bond motifs is 1. The molecule has 1 amide bonds. The number of rotatable bonds is 9. The number of hydrogen-bond donors (Lipinski definition) is 4. The van der Waals surface area contributed by atoms with Gasteiger partial charge in [0.2, 0.25) is 11.9 Å². The van der Waals surface area contributed by atoms with Gasteiger partial charge in [0.25, 0.3) is 5.91 Å². The maximum absolute atomic E-state index is 13.3. The van der Waals surface area contributed by atoms with Crippen LogP contribution >= 0.6 is 0 Å². The summed E-state index contributed by atoms with van der Waals surface area (Å²) < 4.78 is 13.3. The number of guanidine groups is 2. The van der Waals surface area contributed by atoms with Crippen molar-refractivity contribution in [3.63, 3.8) is 0 Å². The lowest BCUT2D eigenvalue weighted by Crippen LogP contribution is -2.56. The number of hydrogen-bond acceptors (Lipinski definition) is 5. The van der Waals surface area contributed by atoms with E-state index in [1.165, 1.54) is 0 Å². The van der Waals surface area contributed by atoms with E-state index in [4.69, 9.17) is 15.0 Å². The first-order valence-corrected chi connectivity index (χ1v) is 15.3. The monoisotopic (exact) mass is 608 g/mol. The summed E-state index contributed by atoms with van der Waals surface area (Å²) >= 11 is 0. The number of carbonyl (C=O) groups is 1. The molecule has 0 unspecified atom stereocenters. The second-order valence-electron chi connectivity index (χ2n) is 11.6. The van der Waals surface area contributed by atoms with Crippen LogP contribution in [0.4, 0.5) is 10.1 Å². The molecular weight excluding hydrogens is 567 g/mol. The van der Waals surface area contributed by atoms with Crippen LogP contribution < -0.4 is 21.3 Å². The molecule has 0 aliphatic carbocycles. The van der Waals surface area contributed by atoms with Crippen LogP contribution in [0.3, 0.4) is 0 Å². The molecule has 1 aromatic heterocycles. The molecule has 10 heteroatoms. The maximum atomic E-state index is 13.3. The van der Waals surface area contributed by atoms with Crippen molar-refractivity contribution in [1.82, 2.24) is 25.8 Å². The third-order valence-corrected chi connectivity index (χ3v) is 8.14. The van der Waals surface area contributed by atoms with E-state index in [-0.39, 0.29) is 5.92 Å². The number of amides is 1. The number of halogens is 1. The molecule has 0 radical (unpaired) electrons. The van der Waals surface area contributed by atoms with Crippen molar-refractivity contribution in [2.75, 3.05) is 32.0 Å². The Bertz CT molecular complexity index is 1690. The molecule has 2 saturated heterocycles. The molecule has 0 spiro atoms. The van der Waals surface area contributed by atoms with Gasteiger partial charge in [-0.15, -0.1) is 0 Å².